The van der Waals surface area contributed by atoms with E-state index in [0.29, 0.717) is 10.7 Å². The molecule has 1 aromatic heterocycles. The molecule has 1 aromatic rings. The first-order valence-corrected chi connectivity index (χ1v) is 10.5. The number of hydrogen-bond acceptors (Lipinski definition) is 2. The van der Waals surface area contributed by atoms with Crippen molar-refractivity contribution in [2.75, 3.05) is 7.11 Å². The lowest BCUT2D eigenvalue weighted by Crippen LogP contribution is -2.01. The van der Waals surface area contributed by atoms with Crippen LogP contribution in [-0.2, 0) is 11.2 Å². The Hall–Kier alpha value is -0.960. The molecule has 1 heterocycles. The first kappa shape index (κ1) is 22.1. The van der Waals surface area contributed by atoms with Crippen molar-refractivity contribution in [3.05, 3.63) is 22.5 Å². The lowest BCUT2D eigenvalue weighted by molar-refractivity contribution is 0.0595. The Kier molecular flexibility index (Phi) is 12.6. The summed E-state index contributed by atoms with van der Waals surface area (Å²) >= 11 is 6.22. The van der Waals surface area contributed by atoms with Gasteiger partial charge in [0.05, 0.1) is 12.1 Å². The van der Waals surface area contributed by atoms with E-state index < -0.39 is 5.97 Å². The summed E-state index contributed by atoms with van der Waals surface area (Å²) in [6.45, 7) is 2.27. The van der Waals surface area contributed by atoms with Crippen LogP contribution >= 0.6 is 11.6 Å². The zero-order valence-corrected chi connectivity index (χ0v) is 16.9. The van der Waals surface area contributed by atoms with Crippen LogP contribution in [0.1, 0.15) is 106 Å². The number of halogens is 1. The number of unbranched alkanes of at least 4 members (excludes halogenated alkanes) is 12. The number of carbonyl (C=O) groups is 1. The molecule has 0 aliphatic rings. The maximum atomic E-state index is 11.5. The number of carbonyl (C=O) groups excluding carboxylic acids is 1. The molecule has 0 saturated heterocycles. The number of hydrogen-bond donors (Lipinski definition) is 1. The maximum absolute atomic E-state index is 11.5. The standard InChI is InChI=1S/C21H36ClNO2/c1-3-4-5-6-7-8-9-10-11-12-13-14-15-16-18-17-23-20(19(18)22)21(24)25-2/h17,23H,3-16H2,1-2H3. The Bertz CT molecular complexity index is 470. The predicted octanol–water partition coefficient (Wildman–Crippen LogP) is 7.09. The number of ether oxygens (including phenoxy) is 1. The molecule has 0 amide bonds. The Morgan fingerprint density at radius 2 is 1.40 bits per heavy atom. The quantitative estimate of drug-likeness (QED) is 0.265. The zero-order chi connectivity index (χ0) is 18.3. The van der Waals surface area contributed by atoms with Crippen molar-refractivity contribution < 1.29 is 9.53 Å². The average molecular weight is 370 g/mol. The minimum atomic E-state index is -0.401. The van der Waals surface area contributed by atoms with Crippen LogP contribution in [0, 0.1) is 0 Å². The van der Waals surface area contributed by atoms with E-state index in [1.54, 1.807) is 0 Å². The van der Waals surface area contributed by atoms with E-state index in [0.717, 1.165) is 18.4 Å². The molecular weight excluding hydrogens is 334 g/mol. The third kappa shape index (κ3) is 9.34. The van der Waals surface area contributed by atoms with Crippen molar-refractivity contribution in [2.45, 2.75) is 96.8 Å². The van der Waals surface area contributed by atoms with Crippen molar-refractivity contribution in [3.8, 4) is 0 Å². The second kappa shape index (κ2) is 14.2. The smallest absolute Gasteiger partial charge is 0.356 e. The number of aromatic amines is 1. The third-order valence-electron chi connectivity index (χ3n) is 4.83. The average Bonchev–Trinajstić information content (AvgIpc) is 2.99. The third-order valence-corrected chi connectivity index (χ3v) is 5.26. The van der Waals surface area contributed by atoms with Gasteiger partial charge < -0.3 is 9.72 Å². The number of H-pyrrole nitrogens is 1. The van der Waals surface area contributed by atoms with Gasteiger partial charge in [-0.25, -0.2) is 4.79 Å². The van der Waals surface area contributed by atoms with E-state index in [4.69, 9.17) is 16.3 Å². The Labute approximate surface area is 158 Å². The minimum Gasteiger partial charge on any atom is -0.464 e. The molecule has 0 radical (unpaired) electrons. The number of methoxy groups -OCH3 is 1. The minimum absolute atomic E-state index is 0.369. The van der Waals surface area contributed by atoms with Crippen LogP contribution in [0.25, 0.3) is 0 Å². The topological polar surface area (TPSA) is 42.1 Å². The molecule has 1 N–H and O–H groups in total. The Balaban J connectivity index is 1.95. The summed E-state index contributed by atoms with van der Waals surface area (Å²) in [5.41, 5.74) is 1.39. The van der Waals surface area contributed by atoms with Gasteiger partial charge in [-0.05, 0) is 18.4 Å². The van der Waals surface area contributed by atoms with Crippen molar-refractivity contribution in [1.29, 1.82) is 0 Å². The van der Waals surface area contributed by atoms with Crippen LogP contribution in [0.5, 0.6) is 0 Å². The van der Waals surface area contributed by atoms with Crippen molar-refractivity contribution >= 4 is 17.6 Å². The van der Waals surface area contributed by atoms with Gasteiger partial charge >= 0.3 is 5.97 Å². The molecule has 0 aliphatic heterocycles. The van der Waals surface area contributed by atoms with Crippen molar-refractivity contribution in [3.63, 3.8) is 0 Å². The summed E-state index contributed by atoms with van der Waals surface area (Å²) in [7, 11) is 1.37. The molecule has 4 heteroatoms. The highest BCUT2D eigenvalue weighted by molar-refractivity contribution is 6.34. The highest BCUT2D eigenvalue weighted by Gasteiger charge is 2.15. The number of nitrogens with one attached hydrogen (secondary N) is 1. The monoisotopic (exact) mass is 369 g/mol. The van der Waals surface area contributed by atoms with Gasteiger partial charge in [0.15, 0.2) is 0 Å². The summed E-state index contributed by atoms with van der Waals surface area (Å²) in [6, 6.07) is 0. The van der Waals surface area contributed by atoms with E-state index >= 15 is 0 Å². The van der Waals surface area contributed by atoms with Gasteiger partial charge in [-0.1, -0.05) is 95.6 Å². The van der Waals surface area contributed by atoms with Gasteiger partial charge in [0.2, 0.25) is 0 Å². The summed E-state index contributed by atoms with van der Waals surface area (Å²) in [4.78, 5) is 14.4. The van der Waals surface area contributed by atoms with E-state index in [1.165, 1.54) is 84.2 Å². The van der Waals surface area contributed by atoms with E-state index in [2.05, 4.69) is 11.9 Å². The maximum Gasteiger partial charge on any atom is 0.356 e. The molecule has 0 spiro atoms. The fraction of sp³-hybridized carbons (Fsp3) is 0.762. The zero-order valence-electron chi connectivity index (χ0n) is 16.2. The number of rotatable bonds is 15. The van der Waals surface area contributed by atoms with Gasteiger partial charge in [-0.2, -0.15) is 0 Å². The van der Waals surface area contributed by atoms with Crippen LogP contribution in [0.4, 0.5) is 0 Å². The first-order chi connectivity index (χ1) is 12.2. The summed E-state index contributed by atoms with van der Waals surface area (Å²) in [5.74, 6) is -0.401. The van der Waals surface area contributed by atoms with Crippen molar-refractivity contribution in [1.82, 2.24) is 4.98 Å². The molecule has 25 heavy (non-hydrogen) atoms. The molecule has 0 bridgehead atoms. The second-order valence-electron chi connectivity index (χ2n) is 6.99. The Morgan fingerprint density at radius 1 is 0.920 bits per heavy atom. The molecule has 3 nitrogen and oxygen atoms in total. The molecule has 1 rings (SSSR count). The fourth-order valence-electron chi connectivity index (χ4n) is 3.21. The van der Waals surface area contributed by atoms with Crippen LogP contribution in [0.2, 0.25) is 5.02 Å². The lowest BCUT2D eigenvalue weighted by Gasteiger charge is -2.03. The number of esters is 1. The summed E-state index contributed by atoms with van der Waals surface area (Å²) < 4.78 is 4.70. The largest absolute Gasteiger partial charge is 0.464 e. The normalized spacial score (nSPS) is 11.0. The molecule has 0 aromatic carbocycles. The lowest BCUT2D eigenvalue weighted by atomic mass is 10.0. The van der Waals surface area contributed by atoms with Crippen molar-refractivity contribution in [2.24, 2.45) is 0 Å². The van der Waals surface area contributed by atoms with Crippen LogP contribution < -0.4 is 0 Å². The summed E-state index contributed by atoms with van der Waals surface area (Å²) in [6.07, 6.45) is 20.3. The van der Waals surface area contributed by atoms with Gasteiger partial charge in [0.25, 0.3) is 0 Å². The fourth-order valence-corrected chi connectivity index (χ4v) is 3.49. The Morgan fingerprint density at radius 3 is 1.88 bits per heavy atom. The van der Waals surface area contributed by atoms with E-state index in [1.807, 2.05) is 6.20 Å². The number of aromatic nitrogens is 1. The number of aryl methyl sites for hydroxylation is 1. The molecule has 0 saturated carbocycles. The van der Waals surface area contributed by atoms with Gasteiger partial charge in [0.1, 0.15) is 5.69 Å². The van der Waals surface area contributed by atoms with E-state index in [9.17, 15) is 4.79 Å². The van der Waals surface area contributed by atoms with Crippen LogP contribution in [0.15, 0.2) is 6.20 Å². The van der Waals surface area contributed by atoms with E-state index in [-0.39, 0.29) is 0 Å². The van der Waals surface area contributed by atoms with Gasteiger partial charge in [0, 0.05) is 6.20 Å². The summed E-state index contributed by atoms with van der Waals surface area (Å²) in [5, 5.41) is 0.519. The molecule has 0 fully saturated rings. The predicted molar refractivity (Wildman–Crippen MR) is 107 cm³/mol. The van der Waals surface area contributed by atoms with Gasteiger partial charge in [-0.3, -0.25) is 0 Å². The molecule has 0 unspecified atom stereocenters. The SMILES string of the molecule is CCCCCCCCCCCCCCCc1c[nH]c(C(=O)OC)c1Cl. The molecular formula is C21H36ClNO2. The highest BCUT2D eigenvalue weighted by atomic mass is 35.5. The van der Waals surface area contributed by atoms with Crippen LogP contribution in [-0.4, -0.2) is 18.1 Å². The molecule has 144 valence electrons. The van der Waals surface area contributed by atoms with Crippen LogP contribution in [0.3, 0.4) is 0 Å². The van der Waals surface area contributed by atoms with Gasteiger partial charge in [-0.15, -0.1) is 0 Å². The second-order valence-corrected chi connectivity index (χ2v) is 7.37. The first-order valence-electron chi connectivity index (χ1n) is 10.1. The molecule has 0 aliphatic carbocycles. The molecule has 0 atom stereocenters. The highest BCUT2D eigenvalue weighted by Crippen LogP contribution is 2.23.